The van der Waals surface area contributed by atoms with Gasteiger partial charge in [-0.05, 0) is 11.4 Å². The smallest absolute Gasteiger partial charge is 0.383 e. The van der Waals surface area contributed by atoms with Crippen molar-refractivity contribution in [3.05, 3.63) is 23.4 Å². The SMILES string of the molecule is COCCN(Cc1nc(-c2cccs2)no1)CC(F)(F)F. The minimum atomic E-state index is -4.29. The van der Waals surface area contributed by atoms with Crippen molar-refractivity contribution in [1.82, 2.24) is 15.0 Å². The minimum Gasteiger partial charge on any atom is -0.383 e. The third-order valence-electron chi connectivity index (χ3n) is 2.58. The predicted molar refractivity (Wildman–Crippen MR) is 70.8 cm³/mol. The Hall–Kier alpha value is -1.45. The number of ether oxygens (including phenoxy) is 1. The lowest BCUT2D eigenvalue weighted by molar-refractivity contribution is -0.148. The van der Waals surface area contributed by atoms with E-state index in [-0.39, 0.29) is 25.6 Å². The highest BCUT2D eigenvalue weighted by atomic mass is 32.1. The van der Waals surface area contributed by atoms with Crippen molar-refractivity contribution in [2.24, 2.45) is 0 Å². The quantitative estimate of drug-likeness (QED) is 0.785. The Morgan fingerprint density at radius 2 is 2.24 bits per heavy atom. The van der Waals surface area contributed by atoms with Crippen LogP contribution >= 0.6 is 11.3 Å². The summed E-state index contributed by atoms with van der Waals surface area (Å²) >= 11 is 1.43. The van der Waals surface area contributed by atoms with E-state index in [0.717, 1.165) is 9.78 Å². The Kier molecular flexibility index (Phi) is 5.32. The van der Waals surface area contributed by atoms with E-state index in [4.69, 9.17) is 9.26 Å². The number of alkyl halides is 3. The van der Waals surface area contributed by atoms with E-state index in [1.807, 2.05) is 17.5 Å². The summed E-state index contributed by atoms with van der Waals surface area (Å²) in [5.74, 6) is 0.539. The zero-order valence-corrected chi connectivity index (χ0v) is 12.1. The molecule has 0 aliphatic carbocycles. The van der Waals surface area contributed by atoms with Crippen LogP contribution in [0, 0.1) is 0 Å². The Morgan fingerprint density at radius 1 is 1.43 bits per heavy atom. The molecule has 0 spiro atoms. The van der Waals surface area contributed by atoms with Gasteiger partial charge in [0.25, 0.3) is 0 Å². The van der Waals surface area contributed by atoms with E-state index < -0.39 is 12.7 Å². The zero-order valence-electron chi connectivity index (χ0n) is 11.3. The molecule has 0 unspecified atom stereocenters. The van der Waals surface area contributed by atoms with Crippen molar-refractivity contribution < 1.29 is 22.4 Å². The van der Waals surface area contributed by atoms with Gasteiger partial charge in [0.05, 0.1) is 24.6 Å². The van der Waals surface area contributed by atoms with Crippen molar-refractivity contribution in [3.8, 4) is 10.7 Å². The molecule has 21 heavy (non-hydrogen) atoms. The molecule has 5 nitrogen and oxygen atoms in total. The van der Waals surface area contributed by atoms with Crippen molar-refractivity contribution in [2.75, 3.05) is 26.8 Å². The standard InChI is InChI=1S/C12H14F3N3O2S/c1-19-5-4-18(8-12(13,14)15)7-10-16-11(17-20-10)9-3-2-6-21-9/h2-3,6H,4-5,7-8H2,1H3. The topological polar surface area (TPSA) is 51.4 Å². The fourth-order valence-corrected chi connectivity index (χ4v) is 2.35. The molecule has 0 saturated carbocycles. The fourth-order valence-electron chi connectivity index (χ4n) is 1.70. The van der Waals surface area contributed by atoms with Gasteiger partial charge in [0.2, 0.25) is 11.7 Å². The molecule has 0 saturated heterocycles. The van der Waals surface area contributed by atoms with Crippen LogP contribution in [0.1, 0.15) is 5.89 Å². The normalized spacial score (nSPS) is 12.2. The van der Waals surface area contributed by atoms with E-state index in [9.17, 15) is 13.2 Å². The third kappa shape index (κ3) is 5.10. The Labute approximate surface area is 123 Å². The van der Waals surface area contributed by atoms with Gasteiger partial charge in [0.1, 0.15) is 0 Å². The van der Waals surface area contributed by atoms with Crippen LogP contribution in [0.2, 0.25) is 0 Å². The number of rotatable bonds is 7. The maximum absolute atomic E-state index is 12.5. The summed E-state index contributed by atoms with van der Waals surface area (Å²) in [5.41, 5.74) is 0. The molecule has 2 rings (SSSR count). The van der Waals surface area contributed by atoms with Crippen LogP contribution in [0.4, 0.5) is 13.2 Å². The zero-order chi connectivity index (χ0) is 15.3. The highest BCUT2D eigenvalue weighted by Crippen LogP contribution is 2.22. The summed E-state index contributed by atoms with van der Waals surface area (Å²) < 4.78 is 47.4. The number of nitrogens with zero attached hydrogens (tertiary/aromatic N) is 3. The molecule has 9 heteroatoms. The van der Waals surface area contributed by atoms with Gasteiger partial charge in [-0.2, -0.15) is 18.2 Å². The van der Waals surface area contributed by atoms with Crippen LogP contribution in [0.25, 0.3) is 10.7 Å². The highest BCUT2D eigenvalue weighted by molar-refractivity contribution is 7.13. The van der Waals surface area contributed by atoms with Gasteiger partial charge in [-0.1, -0.05) is 11.2 Å². The summed E-state index contributed by atoms with van der Waals surface area (Å²) in [6, 6.07) is 3.66. The van der Waals surface area contributed by atoms with E-state index >= 15 is 0 Å². The predicted octanol–water partition coefficient (Wildman–Crippen LogP) is 2.81. The number of hydrogen-bond donors (Lipinski definition) is 0. The lowest BCUT2D eigenvalue weighted by Gasteiger charge is -2.21. The molecular formula is C12H14F3N3O2S. The largest absolute Gasteiger partial charge is 0.401 e. The second-order valence-electron chi connectivity index (χ2n) is 4.31. The minimum absolute atomic E-state index is 0.0682. The van der Waals surface area contributed by atoms with Gasteiger partial charge in [0.15, 0.2) is 0 Å². The number of halogens is 3. The second-order valence-corrected chi connectivity index (χ2v) is 5.26. The van der Waals surface area contributed by atoms with E-state index in [0.29, 0.717) is 5.82 Å². The molecule has 0 radical (unpaired) electrons. The fraction of sp³-hybridized carbons (Fsp3) is 0.500. The Bertz CT molecular complexity index is 542. The molecule has 116 valence electrons. The van der Waals surface area contributed by atoms with Crippen LogP contribution in [-0.2, 0) is 11.3 Å². The summed E-state index contributed by atoms with van der Waals surface area (Å²) in [4.78, 5) is 6.08. The molecular weight excluding hydrogens is 307 g/mol. The third-order valence-corrected chi connectivity index (χ3v) is 3.45. The van der Waals surface area contributed by atoms with Crippen molar-refractivity contribution in [2.45, 2.75) is 12.7 Å². The van der Waals surface area contributed by atoms with Gasteiger partial charge in [-0.15, -0.1) is 11.3 Å². The molecule has 2 aromatic rings. The molecule has 2 aromatic heterocycles. The van der Waals surface area contributed by atoms with Crippen molar-refractivity contribution in [1.29, 1.82) is 0 Å². The molecule has 0 bridgehead atoms. The molecule has 0 aromatic carbocycles. The van der Waals surface area contributed by atoms with Gasteiger partial charge < -0.3 is 9.26 Å². The van der Waals surface area contributed by atoms with Gasteiger partial charge in [-0.3, -0.25) is 4.90 Å². The van der Waals surface area contributed by atoms with E-state index in [1.165, 1.54) is 18.4 Å². The molecule has 0 aliphatic rings. The highest BCUT2D eigenvalue weighted by Gasteiger charge is 2.31. The van der Waals surface area contributed by atoms with Crippen LogP contribution in [0.3, 0.4) is 0 Å². The first-order valence-corrected chi connectivity index (χ1v) is 7.00. The van der Waals surface area contributed by atoms with Crippen LogP contribution in [0.5, 0.6) is 0 Å². The summed E-state index contributed by atoms with van der Waals surface area (Å²) in [7, 11) is 1.44. The molecule has 0 atom stereocenters. The van der Waals surface area contributed by atoms with Crippen LogP contribution < -0.4 is 0 Å². The lowest BCUT2D eigenvalue weighted by Crippen LogP contribution is -2.36. The second kappa shape index (κ2) is 7.01. The summed E-state index contributed by atoms with van der Waals surface area (Å²) in [6.07, 6.45) is -4.29. The molecule has 0 amide bonds. The van der Waals surface area contributed by atoms with E-state index in [1.54, 1.807) is 0 Å². The van der Waals surface area contributed by atoms with Gasteiger partial charge in [-0.25, -0.2) is 0 Å². The van der Waals surface area contributed by atoms with Crippen molar-refractivity contribution in [3.63, 3.8) is 0 Å². The van der Waals surface area contributed by atoms with Gasteiger partial charge >= 0.3 is 6.18 Å². The van der Waals surface area contributed by atoms with Crippen LogP contribution in [-0.4, -0.2) is 48.0 Å². The monoisotopic (exact) mass is 321 g/mol. The first-order valence-electron chi connectivity index (χ1n) is 6.12. The molecule has 2 heterocycles. The van der Waals surface area contributed by atoms with E-state index in [2.05, 4.69) is 10.1 Å². The lowest BCUT2D eigenvalue weighted by atomic mass is 10.4. The van der Waals surface area contributed by atoms with Gasteiger partial charge in [0, 0.05) is 13.7 Å². The average molecular weight is 321 g/mol. The summed E-state index contributed by atoms with van der Waals surface area (Å²) in [6.45, 7) is -0.789. The number of hydrogen-bond acceptors (Lipinski definition) is 6. The Morgan fingerprint density at radius 3 is 2.86 bits per heavy atom. The molecule has 0 fully saturated rings. The molecule has 0 N–H and O–H groups in total. The number of thiophene rings is 1. The van der Waals surface area contributed by atoms with Crippen LogP contribution in [0.15, 0.2) is 22.0 Å². The first kappa shape index (κ1) is 15.9. The molecule has 0 aliphatic heterocycles. The Balaban J connectivity index is 2.02. The summed E-state index contributed by atoms with van der Waals surface area (Å²) in [5, 5.41) is 5.63. The van der Waals surface area contributed by atoms with Crippen molar-refractivity contribution >= 4 is 11.3 Å². The first-order chi connectivity index (χ1) is 9.98. The number of aromatic nitrogens is 2. The average Bonchev–Trinajstić information content (AvgIpc) is 3.04. The maximum atomic E-state index is 12.5. The number of methoxy groups -OCH3 is 1. The maximum Gasteiger partial charge on any atom is 0.401 e.